The molecule has 0 unspecified atom stereocenters. The number of carbonyl (C=O) groups is 2. The Morgan fingerprint density at radius 3 is 2.48 bits per heavy atom. The van der Waals surface area contributed by atoms with Gasteiger partial charge in [-0.05, 0) is 37.1 Å². The van der Waals surface area contributed by atoms with Crippen LogP contribution in [0.1, 0.15) is 19.3 Å². The summed E-state index contributed by atoms with van der Waals surface area (Å²) in [6.07, 6.45) is 1.29. The summed E-state index contributed by atoms with van der Waals surface area (Å²) in [6.45, 7) is 0.620. The predicted molar refractivity (Wildman–Crippen MR) is 95.6 cm³/mol. The number of benzene rings is 1. The first kappa shape index (κ1) is 18.1. The first-order valence-corrected chi connectivity index (χ1v) is 9.29. The molecule has 3 aliphatic rings. The van der Waals surface area contributed by atoms with Gasteiger partial charge in [0, 0.05) is 11.6 Å². The number of anilines is 1. The molecule has 1 aromatic rings. The molecular weight excluding hydrogens is 352 g/mol. The molecule has 8 nitrogen and oxygen atoms in total. The molecule has 27 heavy (non-hydrogen) atoms. The molecule has 4 rings (SSSR count). The van der Waals surface area contributed by atoms with Crippen LogP contribution in [0.5, 0.6) is 5.75 Å². The minimum absolute atomic E-state index is 0.0701. The standard InChI is InChI=1S/C19H24N2O6/c1-24-13-7-5-12(6-8-13)20-19(23)27-15-10-26-16-14(9-25-17(15)16)21-18(22)11-3-2-4-11/h5-8,11,14-17H,2-4,9-10H2,1H3,(H,20,23)(H,21,22)/t14-,15-,16-,17+/m0/s1. The molecular formula is C19H24N2O6. The molecule has 4 atom stereocenters. The fourth-order valence-electron chi connectivity index (χ4n) is 3.62. The van der Waals surface area contributed by atoms with E-state index >= 15 is 0 Å². The highest BCUT2D eigenvalue weighted by molar-refractivity contribution is 5.84. The minimum Gasteiger partial charge on any atom is -0.497 e. The van der Waals surface area contributed by atoms with Gasteiger partial charge >= 0.3 is 6.09 Å². The number of nitrogens with one attached hydrogen (secondary N) is 2. The zero-order valence-electron chi connectivity index (χ0n) is 15.2. The van der Waals surface area contributed by atoms with Crippen molar-refractivity contribution in [3.63, 3.8) is 0 Å². The van der Waals surface area contributed by atoms with Crippen molar-refractivity contribution >= 4 is 17.7 Å². The Hall–Kier alpha value is -2.32. The lowest BCUT2D eigenvalue weighted by molar-refractivity contribution is -0.128. The quantitative estimate of drug-likeness (QED) is 0.812. The van der Waals surface area contributed by atoms with Crippen LogP contribution in [0.3, 0.4) is 0 Å². The Morgan fingerprint density at radius 1 is 1.07 bits per heavy atom. The third kappa shape index (κ3) is 3.86. The van der Waals surface area contributed by atoms with E-state index in [9.17, 15) is 9.59 Å². The smallest absolute Gasteiger partial charge is 0.412 e. The molecule has 0 radical (unpaired) electrons. The summed E-state index contributed by atoms with van der Waals surface area (Å²) < 4.78 is 22.1. The topological polar surface area (TPSA) is 95.1 Å². The van der Waals surface area contributed by atoms with Crippen molar-refractivity contribution in [3.05, 3.63) is 24.3 Å². The van der Waals surface area contributed by atoms with Crippen molar-refractivity contribution in [2.45, 2.75) is 43.6 Å². The van der Waals surface area contributed by atoms with Crippen molar-refractivity contribution in [1.29, 1.82) is 0 Å². The van der Waals surface area contributed by atoms with Gasteiger partial charge in [-0.1, -0.05) is 6.42 Å². The molecule has 146 valence electrons. The number of fused-ring (bicyclic) bond motifs is 1. The van der Waals surface area contributed by atoms with Crippen LogP contribution in [0.4, 0.5) is 10.5 Å². The summed E-state index contributed by atoms with van der Waals surface area (Å²) in [5.74, 6) is 0.892. The summed E-state index contributed by atoms with van der Waals surface area (Å²) in [4.78, 5) is 24.3. The maximum absolute atomic E-state index is 12.2. The van der Waals surface area contributed by atoms with Gasteiger partial charge in [0.1, 0.15) is 18.0 Å². The largest absolute Gasteiger partial charge is 0.497 e. The molecule has 1 aliphatic carbocycles. The number of ether oxygens (including phenoxy) is 4. The van der Waals surface area contributed by atoms with Crippen LogP contribution in [0.25, 0.3) is 0 Å². The van der Waals surface area contributed by atoms with E-state index in [1.165, 1.54) is 0 Å². The van der Waals surface area contributed by atoms with Crippen LogP contribution in [-0.4, -0.2) is 56.7 Å². The van der Waals surface area contributed by atoms with Gasteiger partial charge in [-0.25, -0.2) is 4.79 Å². The average molecular weight is 376 g/mol. The molecule has 0 aromatic heterocycles. The van der Waals surface area contributed by atoms with Gasteiger partial charge in [0.15, 0.2) is 6.10 Å². The van der Waals surface area contributed by atoms with Crippen molar-refractivity contribution in [3.8, 4) is 5.75 Å². The van der Waals surface area contributed by atoms with E-state index in [0.29, 0.717) is 18.0 Å². The molecule has 0 spiro atoms. The Bertz CT molecular complexity index is 690. The summed E-state index contributed by atoms with van der Waals surface area (Å²) in [7, 11) is 1.58. The highest BCUT2D eigenvalue weighted by atomic mass is 16.6. The number of carbonyl (C=O) groups excluding carboxylic acids is 2. The van der Waals surface area contributed by atoms with Gasteiger partial charge in [-0.15, -0.1) is 0 Å². The highest BCUT2D eigenvalue weighted by Crippen LogP contribution is 2.31. The number of amides is 2. The SMILES string of the molecule is COc1ccc(NC(=O)O[C@H]2CO[C@@H]3[C@@H]2OC[C@@H]3NC(=O)C2CCC2)cc1. The monoisotopic (exact) mass is 376 g/mol. The van der Waals surface area contributed by atoms with Gasteiger partial charge in [-0.3, -0.25) is 10.1 Å². The normalized spacial score (nSPS) is 29.5. The Labute approximate surface area is 157 Å². The van der Waals surface area contributed by atoms with Crippen molar-refractivity contribution < 1.29 is 28.5 Å². The summed E-state index contributed by atoms with van der Waals surface area (Å²) in [5, 5.41) is 5.70. The van der Waals surface area contributed by atoms with Crippen LogP contribution in [0.15, 0.2) is 24.3 Å². The number of hydrogen-bond donors (Lipinski definition) is 2. The van der Waals surface area contributed by atoms with Crippen LogP contribution in [0.2, 0.25) is 0 Å². The zero-order valence-corrected chi connectivity index (χ0v) is 15.2. The second-order valence-electron chi connectivity index (χ2n) is 7.14. The minimum atomic E-state index is -0.569. The molecule has 2 aliphatic heterocycles. The maximum atomic E-state index is 12.2. The van der Waals surface area contributed by atoms with E-state index in [4.69, 9.17) is 18.9 Å². The highest BCUT2D eigenvalue weighted by Gasteiger charge is 2.50. The van der Waals surface area contributed by atoms with Gasteiger partial charge in [0.05, 0.1) is 26.4 Å². The van der Waals surface area contributed by atoms with Gasteiger partial charge in [0.2, 0.25) is 5.91 Å². The number of hydrogen-bond acceptors (Lipinski definition) is 6. The van der Waals surface area contributed by atoms with Gasteiger partial charge < -0.3 is 24.3 Å². The fourth-order valence-corrected chi connectivity index (χ4v) is 3.62. The van der Waals surface area contributed by atoms with E-state index in [1.54, 1.807) is 31.4 Å². The first-order chi connectivity index (χ1) is 13.1. The summed E-state index contributed by atoms with van der Waals surface area (Å²) >= 11 is 0. The molecule has 2 amide bonds. The van der Waals surface area contributed by atoms with E-state index in [2.05, 4.69) is 10.6 Å². The van der Waals surface area contributed by atoms with Gasteiger partial charge in [0.25, 0.3) is 0 Å². The lowest BCUT2D eigenvalue weighted by Crippen LogP contribution is -2.47. The Balaban J connectivity index is 1.28. The van der Waals surface area contributed by atoms with Crippen LogP contribution >= 0.6 is 0 Å². The van der Waals surface area contributed by atoms with Crippen LogP contribution < -0.4 is 15.4 Å². The van der Waals surface area contributed by atoms with Crippen LogP contribution in [0, 0.1) is 5.92 Å². The van der Waals surface area contributed by atoms with Crippen molar-refractivity contribution in [1.82, 2.24) is 5.32 Å². The fraction of sp³-hybridized carbons (Fsp3) is 0.579. The first-order valence-electron chi connectivity index (χ1n) is 9.29. The predicted octanol–water partition coefficient (Wildman–Crippen LogP) is 1.69. The molecule has 1 aromatic carbocycles. The molecule has 2 heterocycles. The van der Waals surface area contributed by atoms with E-state index in [-0.39, 0.29) is 36.7 Å². The number of rotatable bonds is 5. The molecule has 3 fully saturated rings. The zero-order chi connectivity index (χ0) is 18.8. The maximum Gasteiger partial charge on any atom is 0.412 e. The lowest BCUT2D eigenvalue weighted by atomic mass is 9.84. The molecule has 2 saturated heterocycles. The molecule has 0 bridgehead atoms. The van der Waals surface area contributed by atoms with Gasteiger partial charge in [-0.2, -0.15) is 0 Å². The van der Waals surface area contributed by atoms with E-state index < -0.39 is 12.2 Å². The summed E-state index contributed by atoms with van der Waals surface area (Å²) in [6, 6.07) is 6.76. The third-order valence-corrected chi connectivity index (χ3v) is 5.41. The molecule has 8 heteroatoms. The molecule has 1 saturated carbocycles. The Kier molecular flexibility index (Phi) is 5.18. The van der Waals surface area contributed by atoms with Crippen LogP contribution in [-0.2, 0) is 19.0 Å². The third-order valence-electron chi connectivity index (χ3n) is 5.41. The summed E-state index contributed by atoms with van der Waals surface area (Å²) in [5.41, 5.74) is 0.606. The van der Waals surface area contributed by atoms with E-state index in [0.717, 1.165) is 19.3 Å². The molecule has 2 N–H and O–H groups in total. The van der Waals surface area contributed by atoms with Crippen molar-refractivity contribution in [2.75, 3.05) is 25.6 Å². The Morgan fingerprint density at radius 2 is 1.81 bits per heavy atom. The lowest BCUT2D eigenvalue weighted by Gasteiger charge is -2.27. The van der Waals surface area contributed by atoms with Crippen molar-refractivity contribution in [2.24, 2.45) is 5.92 Å². The second kappa shape index (κ2) is 7.74. The average Bonchev–Trinajstić information content (AvgIpc) is 3.18. The number of methoxy groups -OCH3 is 1. The van der Waals surface area contributed by atoms with E-state index in [1.807, 2.05) is 0 Å². The second-order valence-corrected chi connectivity index (χ2v) is 7.14.